The van der Waals surface area contributed by atoms with Crippen LogP contribution >= 0.6 is 46.4 Å². The Morgan fingerprint density at radius 1 is 1.13 bits per heavy atom. The third-order valence-corrected chi connectivity index (χ3v) is 5.83. The number of esters is 1. The number of carbonyl (C=O) groups is 1. The summed E-state index contributed by atoms with van der Waals surface area (Å²) >= 11 is 21.0. The van der Waals surface area contributed by atoms with Gasteiger partial charge in [-0.15, -0.1) is 23.2 Å². The van der Waals surface area contributed by atoms with Gasteiger partial charge in [0.1, 0.15) is 28.5 Å². The maximum atomic E-state index is 13.2. The lowest BCUT2D eigenvalue weighted by Gasteiger charge is -2.19. The Morgan fingerprint density at radius 3 is 2.10 bits per heavy atom. The summed E-state index contributed by atoms with van der Waals surface area (Å²) in [7, 11) is 0. The van der Waals surface area contributed by atoms with E-state index in [1.54, 1.807) is 0 Å². The fraction of sp³-hybridized carbons (Fsp3) is 0.375. The summed E-state index contributed by atoms with van der Waals surface area (Å²) in [6.07, 6.45) is -12.4. The Kier molecular flexibility index (Phi) is 6.75. The molecule has 1 aromatic rings. The zero-order chi connectivity index (χ0) is 23.1. The molecule has 2 rings (SSSR count). The van der Waals surface area contributed by atoms with Crippen LogP contribution in [0.1, 0.15) is 11.7 Å². The molecule has 4 nitrogen and oxygen atoms in total. The molecule has 3 atom stereocenters. The standard InChI is InChI=1S/C16H7Cl4F6NO3/c17-10(18)6-29-8-3-1-2-7(4-8)9(5-27)30-12(28)11-13(19,15(21,22)23)14(11,20)16(24,25)26/h1-4,6,9,11H. The molecule has 0 aliphatic heterocycles. The van der Waals surface area contributed by atoms with E-state index in [0.29, 0.717) is 0 Å². The maximum Gasteiger partial charge on any atom is 0.410 e. The van der Waals surface area contributed by atoms with Gasteiger partial charge in [0.05, 0.1) is 0 Å². The van der Waals surface area contributed by atoms with Crippen LogP contribution in [-0.4, -0.2) is 28.1 Å². The molecule has 30 heavy (non-hydrogen) atoms. The minimum atomic E-state index is -5.70. The normalized spacial score (nSPS) is 26.9. The topological polar surface area (TPSA) is 59.3 Å². The van der Waals surface area contributed by atoms with Crippen LogP contribution in [0.25, 0.3) is 0 Å². The SMILES string of the molecule is N#CC(OC(=O)C1C(Cl)(C(F)(F)F)C1(Cl)C(F)(F)F)c1cccc(OC=C(Cl)Cl)c1. The summed E-state index contributed by atoms with van der Waals surface area (Å²) in [5.74, 6) is -5.05. The smallest absolute Gasteiger partial charge is 0.410 e. The molecule has 164 valence electrons. The number of benzene rings is 1. The van der Waals surface area contributed by atoms with E-state index in [1.165, 1.54) is 24.3 Å². The number of alkyl halides is 8. The second-order valence-corrected chi connectivity index (χ2v) is 8.10. The molecule has 14 heteroatoms. The minimum Gasteiger partial charge on any atom is -0.462 e. The van der Waals surface area contributed by atoms with Crippen molar-refractivity contribution in [3.05, 3.63) is 40.6 Å². The molecule has 0 amide bonds. The Morgan fingerprint density at radius 2 is 1.67 bits per heavy atom. The molecule has 1 aromatic carbocycles. The Hall–Kier alpha value is -1.54. The second kappa shape index (κ2) is 8.19. The Labute approximate surface area is 184 Å². The second-order valence-electron chi connectivity index (χ2n) is 5.90. The molecule has 0 saturated heterocycles. The Balaban J connectivity index is 2.31. The van der Waals surface area contributed by atoms with Crippen LogP contribution in [0.3, 0.4) is 0 Å². The van der Waals surface area contributed by atoms with E-state index >= 15 is 0 Å². The number of hydrogen-bond acceptors (Lipinski definition) is 4. The molecular formula is C16H7Cl4F6NO3. The molecule has 0 spiro atoms. The largest absolute Gasteiger partial charge is 0.462 e. The fourth-order valence-electron chi connectivity index (χ4n) is 2.69. The first-order chi connectivity index (χ1) is 13.6. The van der Waals surface area contributed by atoms with E-state index in [1.807, 2.05) is 0 Å². The molecule has 3 unspecified atom stereocenters. The lowest BCUT2D eigenvalue weighted by atomic mass is 10.1. The summed E-state index contributed by atoms with van der Waals surface area (Å²) < 4.78 is 88.4. The van der Waals surface area contributed by atoms with E-state index in [0.717, 1.165) is 12.3 Å². The molecule has 1 aliphatic rings. The summed E-state index contributed by atoms with van der Waals surface area (Å²) in [5.41, 5.74) is -0.123. The van der Waals surface area contributed by atoms with Gasteiger partial charge in [0, 0.05) is 5.56 Å². The van der Waals surface area contributed by atoms with E-state index in [4.69, 9.17) is 51.1 Å². The number of ether oxygens (including phenoxy) is 2. The maximum absolute atomic E-state index is 13.2. The first kappa shape index (κ1) is 24.7. The molecule has 1 aliphatic carbocycles. The zero-order valence-electron chi connectivity index (χ0n) is 14.0. The van der Waals surface area contributed by atoms with Crippen LogP contribution in [0.2, 0.25) is 0 Å². The van der Waals surface area contributed by atoms with Gasteiger partial charge >= 0.3 is 18.3 Å². The summed E-state index contributed by atoms with van der Waals surface area (Å²) in [6, 6.07) is 6.43. The molecule has 0 bridgehead atoms. The van der Waals surface area contributed by atoms with Crippen molar-refractivity contribution < 1.29 is 40.6 Å². The zero-order valence-corrected chi connectivity index (χ0v) is 17.0. The van der Waals surface area contributed by atoms with Crippen LogP contribution in [-0.2, 0) is 9.53 Å². The average Bonchev–Trinajstić information content (AvgIpc) is 3.17. The first-order valence-electron chi connectivity index (χ1n) is 7.50. The monoisotopic (exact) mass is 515 g/mol. The van der Waals surface area contributed by atoms with Gasteiger partial charge < -0.3 is 9.47 Å². The minimum absolute atomic E-state index is 0.0259. The van der Waals surface area contributed by atoms with Gasteiger partial charge in [-0.3, -0.25) is 4.79 Å². The van der Waals surface area contributed by atoms with Gasteiger partial charge in [-0.2, -0.15) is 31.6 Å². The van der Waals surface area contributed by atoms with Gasteiger partial charge in [-0.25, -0.2) is 0 Å². The summed E-state index contributed by atoms with van der Waals surface area (Å²) in [4.78, 5) is 3.86. The lowest BCUT2D eigenvalue weighted by Crippen LogP contribution is -2.40. The first-order valence-corrected chi connectivity index (χ1v) is 9.01. The average molecular weight is 517 g/mol. The molecule has 0 radical (unpaired) electrons. The fourth-order valence-corrected chi connectivity index (χ4v) is 3.66. The molecule has 0 N–H and O–H groups in total. The number of nitriles is 1. The number of hydrogen-bond donors (Lipinski definition) is 0. The molecule has 1 saturated carbocycles. The molecule has 0 aromatic heterocycles. The third-order valence-electron chi connectivity index (χ3n) is 4.10. The van der Waals surface area contributed by atoms with Crippen LogP contribution in [0.5, 0.6) is 5.75 Å². The number of nitrogens with zero attached hydrogens (tertiary/aromatic N) is 1. The van der Waals surface area contributed by atoms with E-state index in [-0.39, 0.29) is 15.8 Å². The highest BCUT2D eigenvalue weighted by Gasteiger charge is 2.98. The van der Waals surface area contributed by atoms with E-state index in [2.05, 4.69) is 4.74 Å². The van der Waals surface area contributed by atoms with Crippen molar-refractivity contribution in [3.63, 3.8) is 0 Å². The summed E-state index contributed by atoms with van der Waals surface area (Å²) in [6.45, 7) is 0. The van der Waals surface area contributed by atoms with Crippen molar-refractivity contribution >= 4 is 52.4 Å². The van der Waals surface area contributed by atoms with Gasteiger partial charge in [0.2, 0.25) is 6.10 Å². The quantitative estimate of drug-likeness (QED) is 0.203. The van der Waals surface area contributed by atoms with Crippen LogP contribution in [0.15, 0.2) is 35.0 Å². The predicted octanol–water partition coefficient (Wildman–Crippen LogP) is 6.16. The lowest BCUT2D eigenvalue weighted by molar-refractivity contribution is -0.176. The van der Waals surface area contributed by atoms with Gasteiger partial charge in [-0.05, 0) is 12.1 Å². The van der Waals surface area contributed by atoms with Crippen molar-refractivity contribution in [2.75, 3.05) is 0 Å². The predicted molar refractivity (Wildman–Crippen MR) is 94.1 cm³/mol. The van der Waals surface area contributed by atoms with Crippen molar-refractivity contribution in [2.24, 2.45) is 5.92 Å². The number of carbonyl (C=O) groups excluding carboxylic acids is 1. The van der Waals surface area contributed by atoms with Crippen molar-refractivity contribution in [1.29, 1.82) is 5.26 Å². The number of halogens is 10. The highest BCUT2D eigenvalue weighted by molar-refractivity contribution is 6.55. The van der Waals surface area contributed by atoms with E-state index in [9.17, 15) is 36.4 Å². The Bertz CT molecular complexity index is 885. The van der Waals surface area contributed by atoms with Gasteiger partial charge in [-0.1, -0.05) is 35.3 Å². The van der Waals surface area contributed by atoms with Crippen molar-refractivity contribution in [2.45, 2.75) is 28.2 Å². The third kappa shape index (κ3) is 4.13. The van der Waals surface area contributed by atoms with Gasteiger partial charge in [0.15, 0.2) is 9.75 Å². The highest BCUT2D eigenvalue weighted by Crippen LogP contribution is 2.75. The van der Waals surface area contributed by atoms with Gasteiger partial charge in [0.25, 0.3) is 0 Å². The molecule has 0 heterocycles. The molecule has 1 fully saturated rings. The van der Waals surface area contributed by atoms with Crippen molar-refractivity contribution in [1.82, 2.24) is 0 Å². The number of rotatable bonds is 5. The summed E-state index contributed by atoms with van der Waals surface area (Å²) in [5, 5.41) is 9.19. The van der Waals surface area contributed by atoms with Crippen LogP contribution < -0.4 is 4.74 Å². The highest BCUT2D eigenvalue weighted by atomic mass is 35.5. The van der Waals surface area contributed by atoms with Crippen LogP contribution in [0, 0.1) is 17.2 Å². The van der Waals surface area contributed by atoms with E-state index < -0.39 is 40.1 Å². The van der Waals surface area contributed by atoms with Crippen LogP contribution in [0.4, 0.5) is 26.3 Å². The van der Waals surface area contributed by atoms with Crippen molar-refractivity contribution in [3.8, 4) is 11.8 Å². The molecular weight excluding hydrogens is 510 g/mol.